The van der Waals surface area contributed by atoms with Crippen LogP contribution in [0.25, 0.3) is 11.8 Å². The molecule has 2 aromatic rings. The first-order valence-corrected chi connectivity index (χ1v) is 10.5. The summed E-state index contributed by atoms with van der Waals surface area (Å²) in [4.78, 5) is 0. The molecule has 1 aliphatic heterocycles. The molecule has 1 saturated heterocycles. The summed E-state index contributed by atoms with van der Waals surface area (Å²) in [6, 6.07) is 6.53. The third-order valence-electron chi connectivity index (χ3n) is 7.39. The SMILES string of the molecule is CC12Cc3cnn(-c4ccc(F)cc4)c3C=C1CCCC21O[C@H]2CCC[C@H]2O1. The molecule has 4 aliphatic rings. The topological polar surface area (TPSA) is 36.3 Å². The van der Waals surface area contributed by atoms with Crippen LogP contribution >= 0.6 is 0 Å². The largest absolute Gasteiger partial charge is 0.343 e. The molecule has 0 radical (unpaired) electrons. The number of hydrogen-bond donors (Lipinski definition) is 0. The van der Waals surface area contributed by atoms with Crippen LogP contribution in [0.2, 0.25) is 0 Å². The molecule has 0 N–H and O–H groups in total. The monoisotopic (exact) mass is 380 g/mol. The normalized spacial score (nSPS) is 36.1. The Labute approximate surface area is 164 Å². The van der Waals surface area contributed by atoms with Gasteiger partial charge in [-0.05, 0) is 74.4 Å². The third-order valence-corrected chi connectivity index (χ3v) is 7.39. The molecule has 1 spiro atoms. The van der Waals surface area contributed by atoms with Gasteiger partial charge in [0, 0.05) is 11.8 Å². The fourth-order valence-corrected chi connectivity index (χ4v) is 5.86. The molecule has 1 aromatic carbocycles. The summed E-state index contributed by atoms with van der Waals surface area (Å²) in [6.07, 6.45) is 12.2. The van der Waals surface area contributed by atoms with Gasteiger partial charge in [-0.15, -0.1) is 0 Å². The minimum Gasteiger partial charge on any atom is -0.343 e. The average Bonchev–Trinajstić information content (AvgIpc) is 3.36. The lowest BCUT2D eigenvalue weighted by molar-refractivity contribution is -0.251. The molecule has 3 aliphatic carbocycles. The van der Waals surface area contributed by atoms with Gasteiger partial charge in [0.15, 0.2) is 5.79 Å². The highest BCUT2D eigenvalue weighted by Gasteiger charge is 2.62. The Balaban J connectivity index is 1.41. The van der Waals surface area contributed by atoms with E-state index in [9.17, 15) is 4.39 Å². The zero-order chi connectivity index (χ0) is 18.9. The van der Waals surface area contributed by atoms with Crippen LogP contribution in [0, 0.1) is 11.2 Å². The van der Waals surface area contributed by atoms with E-state index >= 15 is 0 Å². The van der Waals surface area contributed by atoms with Crippen LogP contribution in [0.15, 0.2) is 36.0 Å². The van der Waals surface area contributed by atoms with E-state index in [0.29, 0.717) is 0 Å². The molecular weight excluding hydrogens is 355 g/mol. The van der Waals surface area contributed by atoms with Crippen molar-refractivity contribution in [3.8, 4) is 5.69 Å². The highest BCUT2D eigenvalue weighted by molar-refractivity contribution is 5.62. The summed E-state index contributed by atoms with van der Waals surface area (Å²) in [5.41, 5.74) is 4.45. The van der Waals surface area contributed by atoms with E-state index in [1.807, 2.05) is 10.9 Å². The Morgan fingerprint density at radius 1 is 1.11 bits per heavy atom. The third kappa shape index (κ3) is 2.20. The molecule has 1 aromatic heterocycles. The predicted molar refractivity (Wildman–Crippen MR) is 103 cm³/mol. The molecule has 2 unspecified atom stereocenters. The molecule has 28 heavy (non-hydrogen) atoms. The molecule has 6 rings (SSSR count). The van der Waals surface area contributed by atoms with Crippen LogP contribution in [0.4, 0.5) is 4.39 Å². The molecule has 146 valence electrons. The Bertz CT molecular complexity index is 951. The summed E-state index contributed by atoms with van der Waals surface area (Å²) in [5, 5.41) is 4.63. The van der Waals surface area contributed by atoms with Gasteiger partial charge in [-0.25, -0.2) is 9.07 Å². The number of rotatable bonds is 1. The van der Waals surface area contributed by atoms with E-state index in [4.69, 9.17) is 9.47 Å². The number of halogens is 1. The van der Waals surface area contributed by atoms with Crippen LogP contribution in [0.3, 0.4) is 0 Å². The number of aromatic nitrogens is 2. The molecule has 0 amide bonds. The predicted octanol–water partition coefficient (Wildman–Crippen LogP) is 4.81. The van der Waals surface area contributed by atoms with Crippen molar-refractivity contribution in [2.75, 3.05) is 0 Å². The molecule has 2 heterocycles. The van der Waals surface area contributed by atoms with E-state index in [2.05, 4.69) is 18.1 Å². The number of nitrogens with zero attached hydrogens (tertiary/aromatic N) is 2. The Morgan fingerprint density at radius 2 is 1.86 bits per heavy atom. The summed E-state index contributed by atoms with van der Waals surface area (Å²) in [5.74, 6) is -0.728. The van der Waals surface area contributed by atoms with E-state index in [-0.39, 0.29) is 23.4 Å². The van der Waals surface area contributed by atoms with Crippen LogP contribution in [0.1, 0.15) is 56.7 Å². The quantitative estimate of drug-likeness (QED) is 0.713. The lowest BCUT2D eigenvalue weighted by atomic mass is 9.62. The van der Waals surface area contributed by atoms with Crippen LogP contribution in [-0.2, 0) is 15.9 Å². The second-order valence-corrected chi connectivity index (χ2v) is 8.97. The van der Waals surface area contributed by atoms with Crippen LogP contribution < -0.4 is 0 Å². The second-order valence-electron chi connectivity index (χ2n) is 8.97. The van der Waals surface area contributed by atoms with Crippen molar-refractivity contribution in [3.05, 3.63) is 53.1 Å². The Hall–Kier alpha value is -1.98. The molecule has 0 bridgehead atoms. The van der Waals surface area contributed by atoms with Crippen molar-refractivity contribution in [1.82, 2.24) is 9.78 Å². The molecule has 5 heteroatoms. The van der Waals surface area contributed by atoms with Gasteiger partial charge in [0.1, 0.15) is 5.82 Å². The van der Waals surface area contributed by atoms with E-state index in [1.54, 1.807) is 12.1 Å². The zero-order valence-electron chi connectivity index (χ0n) is 16.2. The first-order chi connectivity index (χ1) is 13.6. The number of ether oxygens (including phenoxy) is 2. The van der Waals surface area contributed by atoms with E-state index in [0.717, 1.165) is 49.9 Å². The summed E-state index contributed by atoms with van der Waals surface area (Å²) in [6.45, 7) is 2.32. The highest BCUT2D eigenvalue weighted by atomic mass is 19.1. The van der Waals surface area contributed by atoms with Crippen molar-refractivity contribution in [2.45, 2.75) is 69.9 Å². The lowest BCUT2D eigenvalue weighted by Gasteiger charge is -2.51. The summed E-state index contributed by atoms with van der Waals surface area (Å²) >= 11 is 0. The maximum atomic E-state index is 13.3. The molecule has 3 fully saturated rings. The van der Waals surface area contributed by atoms with Crippen molar-refractivity contribution >= 4 is 6.08 Å². The minimum absolute atomic E-state index is 0.154. The maximum Gasteiger partial charge on any atom is 0.178 e. The van der Waals surface area contributed by atoms with E-state index in [1.165, 1.54) is 29.7 Å². The van der Waals surface area contributed by atoms with Gasteiger partial charge >= 0.3 is 0 Å². The van der Waals surface area contributed by atoms with Gasteiger partial charge in [0.05, 0.1) is 29.8 Å². The fourth-order valence-electron chi connectivity index (χ4n) is 5.86. The van der Waals surface area contributed by atoms with Gasteiger partial charge in [-0.3, -0.25) is 0 Å². The van der Waals surface area contributed by atoms with Crippen LogP contribution in [-0.4, -0.2) is 27.8 Å². The van der Waals surface area contributed by atoms with Gasteiger partial charge in [0.2, 0.25) is 0 Å². The Kier molecular flexibility index (Phi) is 3.49. The Morgan fingerprint density at radius 3 is 2.61 bits per heavy atom. The number of fused-ring (bicyclic) bond motifs is 4. The van der Waals surface area contributed by atoms with Gasteiger partial charge in [-0.1, -0.05) is 12.5 Å². The van der Waals surface area contributed by atoms with Crippen molar-refractivity contribution in [1.29, 1.82) is 0 Å². The fraction of sp³-hybridized carbons (Fsp3) is 0.522. The molecule has 2 saturated carbocycles. The van der Waals surface area contributed by atoms with Crippen molar-refractivity contribution in [3.63, 3.8) is 0 Å². The minimum atomic E-state index is -0.498. The van der Waals surface area contributed by atoms with Gasteiger partial charge in [-0.2, -0.15) is 5.10 Å². The number of benzene rings is 1. The average molecular weight is 380 g/mol. The molecule has 4 nitrogen and oxygen atoms in total. The van der Waals surface area contributed by atoms with Crippen molar-refractivity contribution in [2.24, 2.45) is 5.41 Å². The summed E-state index contributed by atoms with van der Waals surface area (Å²) in [7, 11) is 0. The highest BCUT2D eigenvalue weighted by Crippen LogP contribution is 2.59. The first-order valence-electron chi connectivity index (χ1n) is 10.5. The first kappa shape index (κ1) is 16.9. The zero-order valence-corrected chi connectivity index (χ0v) is 16.2. The maximum absolute atomic E-state index is 13.3. The van der Waals surface area contributed by atoms with Gasteiger partial charge < -0.3 is 9.47 Å². The smallest absolute Gasteiger partial charge is 0.178 e. The standard InChI is InChI=1S/C23H25FN2O2/c1-22-13-15-14-25-26(18-9-7-17(24)8-10-18)19(15)12-16(22)4-3-11-23(22)27-20-5-2-6-21(20)28-23/h7-10,12,14,20-21H,2-6,11,13H2,1H3/t20-,21+,22?,23?. The van der Waals surface area contributed by atoms with Gasteiger partial charge in [0.25, 0.3) is 0 Å². The lowest BCUT2D eigenvalue weighted by Crippen LogP contribution is -2.53. The number of hydrogen-bond acceptors (Lipinski definition) is 3. The second kappa shape index (κ2) is 5.77. The molecule has 4 atom stereocenters. The van der Waals surface area contributed by atoms with Crippen molar-refractivity contribution < 1.29 is 13.9 Å². The van der Waals surface area contributed by atoms with E-state index < -0.39 is 5.79 Å². The van der Waals surface area contributed by atoms with Crippen LogP contribution in [0.5, 0.6) is 0 Å². The summed E-state index contributed by atoms with van der Waals surface area (Å²) < 4.78 is 28.6. The molecular formula is C23H25FN2O2.